The Labute approximate surface area is 125 Å². The summed E-state index contributed by atoms with van der Waals surface area (Å²) in [6.07, 6.45) is 2.04. The number of nitrogens with zero attached hydrogens (tertiary/aromatic N) is 2. The highest BCUT2D eigenvalue weighted by atomic mass is 16.5. The minimum Gasteiger partial charge on any atom is -0.423 e. The number of likely N-dealkylation sites (N-methyl/N-ethyl adjacent to an activating group) is 1. The number of benzene rings is 1. The third-order valence-electron chi connectivity index (χ3n) is 3.60. The van der Waals surface area contributed by atoms with E-state index in [9.17, 15) is 9.59 Å². The second kappa shape index (κ2) is 6.61. The van der Waals surface area contributed by atoms with Crippen molar-refractivity contribution >= 4 is 17.6 Å². The minimum absolute atomic E-state index is 0.0182. The first-order chi connectivity index (χ1) is 10.0. The van der Waals surface area contributed by atoms with Gasteiger partial charge in [0.1, 0.15) is 6.54 Å². The van der Waals surface area contributed by atoms with Crippen LogP contribution in [-0.4, -0.2) is 43.5 Å². The molecule has 1 aromatic rings. The largest absolute Gasteiger partial charge is 0.423 e. The van der Waals surface area contributed by atoms with Gasteiger partial charge in [-0.1, -0.05) is 19.4 Å². The third kappa shape index (κ3) is 3.74. The molecule has 1 aliphatic heterocycles. The minimum atomic E-state index is -0.322. The molecule has 0 bridgehead atoms. The van der Waals surface area contributed by atoms with Crippen LogP contribution in [0.5, 0.6) is 5.75 Å². The maximum Gasteiger partial charge on any atom is 0.331 e. The van der Waals surface area contributed by atoms with Crippen LogP contribution in [0, 0.1) is 6.92 Å². The van der Waals surface area contributed by atoms with Crippen LogP contribution in [-0.2, 0) is 9.59 Å². The zero-order chi connectivity index (χ0) is 15.4. The van der Waals surface area contributed by atoms with Crippen molar-refractivity contribution in [3.8, 4) is 5.75 Å². The van der Waals surface area contributed by atoms with Crippen LogP contribution in [0.15, 0.2) is 18.2 Å². The van der Waals surface area contributed by atoms with Gasteiger partial charge < -0.3 is 14.5 Å². The molecule has 0 saturated heterocycles. The molecule has 2 rings (SSSR count). The number of esters is 1. The summed E-state index contributed by atoms with van der Waals surface area (Å²) in [7, 11) is 1.80. The molecule has 0 aliphatic carbocycles. The Kier molecular flexibility index (Phi) is 4.83. The second-order valence-electron chi connectivity index (χ2n) is 5.47. The van der Waals surface area contributed by atoms with Gasteiger partial charge in [-0.2, -0.15) is 0 Å². The number of ether oxygens (including phenoxy) is 1. The quantitative estimate of drug-likeness (QED) is 0.614. The van der Waals surface area contributed by atoms with Gasteiger partial charge in [0, 0.05) is 13.6 Å². The zero-order valence-corrected chi connectivity index (χ0v) is 12.9. The molecular formula is C16H22N2O3. The predicted octanol–water partition coefficient (Wildman–Crippen LogP) is 1.98. The molecule has 5 nitrogen and oxygen atoms in total. The van der Waals surface area contributed by atoms with Gasteiger partial charge in [0.2, 0.25) is 5.91 Å². The van der Waals surface area contributed by atoms with Crippen LogP contribution in [0.1, 0.15) is 25.3 Å². The average molecular weight is 290 g/mol. The number of unbranched alkanes of at least 4 members (excludes halogenated alkanes) is 1. The van der Waals surface area contributed by atoms with Gasteiger partial charge in [0.05, 0.1) is 12.2 Å². The number of anilines is 1. The molecule has 0 atom stereocenters. The lowest BCUT2D eigenvalue weighted by molar-refractivity contribution is -0.133. The molecule has 0 N–H and O–H groups in total. The number of hydrogen-bond acceptors (Lipinski definition) is 4. The van der Waals surface area contributed by atoms with Crippen molar-refractivity contribution in [2.75, 3.05) is 31.6 Å². The number of rotatable bonds is 5. The van der Waals surface area contributed by atoms with Crippen molar-refractivity contribution in [2.45, 2.75) is 26.7 Å². The van der Waals surface area contributed by atoms with Crippen LogP contribution in [0.4, 0.5) is 5.69 Å². The third-order valence-corrected chi connectivity index (χ3v) is 3.60. The summed E-state index contributed by atoms with van der Waals surface area (Å²) in [6, 6.07) is 5.68. The van der Waals surface area contributed by atoms with Crippen molar-refractivity contribution in [1.29, 1.82) is 0 Å². The normalized spacial score (nSPS) is 13.7. The van der Waals surface area contributed by atoms with Crippen LogP contribution in [0.25, 0.3) is 0 Å². The monoisotopic (exact) mass is 290 g/mol. The van der Waals surface area contributed by atoms with Gasteiger partial charge in [-0.15, -0.1) is 0 Å². The van der Waals surface area contributed by atoms with Crippen molar-refractivity contribution in [3.63, 3.8) is 0 Å². The van der Waals surface area contributed by atoms with Gasteiger partial charge >= 0.3 is 5.97 Å². The highest BCUT2D eigenvalue weighted by Crippen LogP contribution is 2.32. The lowest BCUT2D eigenvalue weighted by atomic mass is 10.1. The summed E-state index contributed by atoms with van der Waals surface area (Å²) in [5, 5.41) is 0. The van der Waals surface area contributed by atoms with E-state index in [-0.39, 0.29) is 25.0 Å². The van der Waals surface area contributed by atoms with Crippen molar-refractivity contribution in [3.05, 3.63) is 23.8 Å². The SMILES string of the molecule is CCCCN(C)C(=O)CN1CC(=O)Oc2cc(C)ccc21. The molecule has 21 heavy (non-hydrogen) atoms. The number of fused-ring (bicyclic) bond motifs is 1. The summed E-state index contributed by atoms with van der Waals surface area (Å²) in [5.74, 6) is 0.233. The molecular weight excluding hydrogens is 268 g/mol. The number of carbonyl (C=O) groups is 2. The Balaban J connectivity index is 2.10. The van der Waals surface area contributed by atoms with Crippen LogP contribution in [0.2, 0.25) is 0 Å². The standard InChI is InChI=1S/C16H22N2O3/c1-4-5-8-17(3)15(19)10-18-11-16(20)21-14-9-12(2)6-7-13(14)18/h6-7,9H,4-5,8,10-11H2,1-3H3. The zero-order valence-electron chi connectivity index (χ0n) is 12.9. The Morgan fingerprint density at radius 1 is 1.43 bits per heavy atom. The maximum absolute atomic E-state index is 12.2. The van der Waals surface area contributed by atoms with Crippen LogP contribution in [0.3, 0.4) is 0 Å². The average Bonchev–Trinajstić information content (AvgIpc) is 2.43. The number of amides is 1. The number of hydrogen-bond donors (Lipinski definition) is 0. The van der Waals surface area contributed by atoms with E-state index in [2.05, 4.69) is 6.92 Å². The van der Waals surface area contributed by atoms with Gasteiger partial charge in [-0.3, -0.25) is 4.79 Å². The second-order valence-corrected chi connectivity index (χ2v) is 5.47. The Hall–Kier alpha value is -2.04. The molecule has 0 spiro atoms. The fraction of sp³-hybridized carbons (Fsp3) is 0.500. The summed E-state index contributed by atoms with van der Waals surface area (Å²) in [4.78, 5) is 27.4. The maximum atomic E-state index is 12.2. The van der Waals surface area contributed by atoms with Gasteiger partial charge in [-0.25, -0.2) is 4.79 Å². The van der Waals surface area contributed by atoms with Crippen molar-refractivity contribution in [2.24, 2.45) is 0 Å². The Morgan fingerprint density at radius 3 is 2.90 bits per heavy atom. The molecule has 0 fully saturated rings. The van der Waals surface area contributed by atoms with E-state index in [4.69, 9.17) is 4.74 Å². The van der Waals surface area contributed by atoms with E-state index < -0.39 is 0 Å². The summed E-state index contributed by atoms with van der Waals surface area (Å²) in [6.45, 7) is 5.09. The lowest BCUT2D eigenvalue weighted by Gasteiger charge is -2.30. The van der Waals surface area contributed by atoms with E-state index in [0.29, 0.717) is 5.75 Å². The van der Waals surface area contributed by atoms with Gasteiger partial charge in [-0.05, 0) is 31.0 Å². The molecule has 0 aromatic heterocycles. The topological polar surface area (TPSA) is 49.9 Å². The Bertz CT molecular complexity index is 542. The van der Waals surface area contributed by atoms with E-state index in [1.165, 1.54) is 0 Å². The molecule has 114 valence electrons. The molecule has 5 heteroatoms. The first-order valence-corrected chi connectivity index (χ1v) is 7.31. The summed E-state index contributed by atoms with van der Waals surface area (Å²) >= 11 is 0. The molecule has 1 heterocycles. The molecule has 0 saturated carbocycles. The number of carbonyl (C=O) groups excluding carboxylic acids is 2. The van der Waals surface area contributed by atoms with Gasteiger partial charge in [0.15, 0.2) is 5.75 Å². The molecule has 1 aliphatic rings. The molecule has 1 aromatic carbocycles. The molecule has 0 radical (unpaired) electrons. The van der Waals surface area contributed by atoms with E-state index >= 15 is 0 Å². The van der Waals surface area contributed by atoms with Crippen molar-refractivity contribution < 1.29 is 14.3 Å². The van der Waals surface area contributed by atoms with Crippen LogP contribution < -0.4 is 9.64 Å². The molecule has 0 unspecified atom stereocenters. The first-order valence-electron chi connectivity index (χ1n) is 7.31. The van der Waals surface area contributed by atoms with Crippen LogP contribution >= 0.6 is 0 Å². The number of aryl methyl sites for hydroxylation is 1. The molecule has 1 amide bonds. The summed E-state index contributed by atoms with van der Waals surface area (Å²) < 4.78 is 5.24. The highest BCUT2D eigenvalue weighted by molar-refractivity contribution is 5.89. The lowest BCUT2D eigenvalue weighted by Crippen LogP contribution is -2.44. The van der Waals surface area contributed by atoms with E-state index in [0.717, 1.165) is 30.6 Å². The fourth-order valence-electron chi connectivity index (χ4n) is 2.31. The smallest absolute Gasteiger partial charge is 0.331 e. The Morgan fingerprint density at radius 2 is 2.19 bits per heavy atom. The van der Waals surface area contributed by atoms with E-state index in [1.807, 2.05) is 25.1 Å². The van der Waals surface area contributed by atoms with Crippen molar-refractivity contribution in [1.82, 2.24) is 4.90 Å². The predicted molar refractivity (Wildman–Crippen MR) is 81.6 cm³/mol. The first kappa shape index (κ1) is 15.4. The highest BCUT2D eigenvalue weighted by Gasteiger charge is 2.26. The van der Waals surface area contributed by atoms with E-state index in [1.54, 1.807) is 16.8 Å². The van der Waals surface area contributed by atoms with Gasteiger partial charge in [0.25, 0.3) is 0 Å². The fourth-order valence-corrected chi connectivity index (χ4v) is 2.31. The summed E-state index contributed by atoms with van der Waals surface area (Å²) in [5.41, 5.74) is 1.83.